The van der Waals surface area contributed by atoms with Gasteiger partial charge in [0.25, 0.3) is 5.91 Å². The third-order valence-electron chi connectivity index (χ3n) is 4.17. The van der Waals surface area contributed by atoms with Crippen LogP contribution in [0.3, 0.4) is 0 Å². The second kappa shape index (κ2) is 7.61. The first-order chi connectivity index (χ1) is 13.6. The number of rotatable bonds is 4. The molecule has 2 amide bonds. The maximum atomic E-state index is 12.8. The normalized spacial score (nSPS) is 14.0. The summed E-state index contributed by atoms with van der Waals surface area (Å²) in [6.07, 6.45) is 3.38. The van der Waals surface area contributed by atoms with Gasteiger partial charge in [0.15, 0.2) is 0 Å². The third-order valence-corrected chi connectivity index (χ3v) is 4.40. The maximum Gasteiger partial charge on any atom is 0.271 e. The topological polar surface area (TPSA) is 92.5 Å². The largest absolute Gasteiger partial charge is 0.319 e. The van der Waals surface area contributed by atoms with Crippen molar-refractivity contribution >= 4 is 40.5 Å². The van der Waals surface area contributed by atoms with Crippen molar-refractivity contribution in [2.24, 2.45) is 5.10 Å². The molecule has 2 heterocycles. The number of halogens is 1. The number of carbonyl (C=O) groups is 2. The van der Waals surface area contributed by atoms with Crippen LogP contribution in [-0.2, 0) is 9.59 Å². The van der Waals surface area contributed by atoms with Gasteiger partial charge in [-0.05, 0) is 30.3 Å². The van der Waals surface area contributed by atoms with Crippen LogP contribution >= 0.6 is 11.6 Å². The molecule has 0 radical (unpaired) electrons. The zero-order valence-electron chi connectivity index (χ0n) is 14.6. The van der Waals surface area contributed by atoms with E-state index < -0.39 is 5.91 Å². The van der Waals surface area contributed by atoms with E-state index in [0.717, 1.165) is 0 Å². The fourth-order valence-electron chi connectivity index (χ4n) is 2.82. The molecule has 0 aliphatic carbocycles. The summed E-state index contributed by atoms with van der Waals surface area (Å²) in [7, 11) is 0. The van der Waals surface area contributed by atoms with Crippen molar-refractivity contribution in [2.45, 2.75) is 12.8 Å². The average molecular weight is 395 g/mol. The van der Waals surface area contributed by atoms with Gasteiger partial charge in [0.1, 0.15) is 18.4 Å². The Morgan fingerprint density at radius 3 is 2.68 bits per heavy atom. The number of nitrogens with one attached hydrogen (secondary N) is 1. The number of hydrazone groups is 1. The lowest BCUT2D eigenvalue weighted by molar-refractivity contribution is -0.118. The second-order valence-electron chi connectivity index (χ2n) is 6.04. The summed E-state index contributed by atoms with van der Waals surface area (Å²) in [6, 6.07) is 14.0. The lowest BCUT2D eigenvalue weighted by Crippen LogP contribution is -2.36. The summed E-state index contributed by atoms with van der Waals surface area (Å²) >= 11 is 6.09. The predicted molar refractivity (Wildman–Crippen MR) is 106 cm³/mol. The number of hydrogen-bond donors (Lipinski definition) is 1. The Labute approximate surface area is 165 Å². The Bertz CT molecular complexity index is 1050. The Balaban J connectivity index is 1.62. The van der Waals surface area contributed by atoms with Crippen molar-refractivity contribution < 1.29 is 9.59 Å². The molecule has 0 fully saturated rings. The predicted octanol–water partition coefficient (Wildman–Crippen LogP) is 3.04. The van der Waals surface area contributed by atoms with E-state index in [2.05, 4.69) is 20.5 Å². The first-order valence-corrected chi connectivity index (χ1v) is 8.91. The maximum absolute atomic E-state index is 12.8. The van der Waals surface area contributed by atoms with Gasteiger partial charge in [-0.2, -0.15) is 10.2 Å². The van der Waals surface area contributed by atoms with E-state index in [1.807, 2.05) is 18.2 Å². The van der Waals surface area contributed by atoms with Crippen molar-refractivity contribution in [2.75, 3.05) is 10.3 Å². The average Bonchev–Trinajstić information content (AvgIpc) is 3.23. The molecule has 4 rings (SSSR count). The van der Waals surface area contributed by atoms with Crippen molar-refractivity contribution in [3.8, 4) is 5.69 Å². The van der Waals surface area contributed by atoms with Crippen LogP contribution in [0.5, 0.6) is 0 Å². The minimum atomic E-state index is -0.405. The number of para-hydroxylation sites is 1. The number of amides is 2. The monoisotopic (exact) mass is 394 g/mol. The molecule has 0 spiro atoms. The second-order valence-corrected chi connectivity index (χ2v) is 6.48. The summed E-state index contributed by atoms with van der Waals surface area (Å²) in [5, 5.41) is 12.9. The molecule has 2 aromatic carbocycles. The highest BCUT2D eigenvalue weighted by atomic mass is 35.5. The molecule has 1 aromatic heterocycles. The van der Waals surface area contributed by atoms with Crippen LogP contribution in [0.15, 0.2) is 66.3 Å². The summed E-state index contributed by atoms with van der Waals surface area (Å²) in [5.41, 5.74) is 1.95. The number of anilines is 2. The standard InChI is InChI=1S/C19H15ClN6O2/c20-13-6-8-17(25-12-21-11-22-25)16(10-13)23-19(28)15-7-9-18(27)26(24-15)14-4-2-1-3-5-14/h1-6,8,10-12H,7,9H2,(H,23,28). The smallest absolute Gasteiger partial charge is 0.271 e. The highest BCUT2D eigenvalue weighted by Gasteiger charge is 2.26. The van der Waals surface area contributed by atoms with E-state index >= 15 is 0 Å². The summed E-state index contributed by atoms with van der Waals surface area (Å²) in [6.45, 7) is 0. The highest BCUT2D eigenvalue weighted by Crippen LogP contribution is 2.25. The molecule has 1 aliphatic heterocycles. The summed E-state index contributed by atoms with van der Waals surface area (Å²) in [4.78, 5) is 29.0. The number of hydrogen-bond acceptors (Lipinski definition) is 5. The van der Waals surface area contributed by atoms with Crippen LogP contribution in [-0.4, -0.2) is 32.3 Å². The van der Waals surface area contributed by atoms with Crippen LogP contribution < -0.4 is 10.3 Å². The molecule has 0 saturated heterocycles. The summed E-state index contributed by atoms with van der Waals surface area (Å²) in [5.74, 6) is -0.564. The Morgan fingerprint density at radius 2 is 1.93 bits per heavy atom. The number of aromatic nitrogens is 3. The van der Waals surface area contributed by atoms with Crippen molar-refractivity contribution in [3.05, 3.63) is 66.2 Å². The number of nitrogens with zero attached hydrogens (tertiary/aromatic N) is 5. The van der Waals surface area contributed by atoms with Crippen LogP contribution in [0.2, 0.25) is 5.02 Å². The van der Waals surface area contributed by atoms with Gasteiger partial charge in [0, 0.05) is 17.9 Å². The molecular weight excluding hydrogens is 380 g/mol. The van der Waals surface area contributed by atoms with E-state index in [9.17, 15) is 9.59 Å². The highest BCUT2D eigenvalue weighted by molar-refractivity contribution is 6.44. The lowest BCUT2D eigenvalue weighted by atomic mass is 10.1. The molecular formula is C19H15ClN6O2. The van der Waals surface area contributed by atoms with Crippen molar-refractivity contribution in [1.29, 1.82) is 0 Å². The molecule has 0 bridgehead atoms. The number of carbonyl (C=O) groups excluding carboxylic acids is 2. The number of benzene rings is 2. The zero-order valence-corrected chi connectivity index (χ0v) is 15.4. The first-order valence-electron chi connectivity index (χ1n) is 8.53. The van der Waals surface area contributed by atoms with Crippen LogP contribution in [0.1, 0.15) is 12.8 Å². The van der Waals surface area contributed by atoms with Gasteiger partial charge in [0.05, 0.1) is 17.1 Å². The summed E-state index contributed by atoms with van der Waals surface area (Å²) < 4.78 is 1.52. The van der Waals surface area contributed by atoms with Gasteiger partial charge in [-0.3, -0.25) is 9.59 Å². The minimum absolute atomic E-state index is 0.159. The van der Waals surface area contributed by atoms with Crippen LogP contribution in [0.4, 0.5) is 11.4 Å². The van der Waals surface area contributed by atoms with Gasteiger partial charge in [-0.15, -0.1) is 0 Å². The van der Waals surface area contributed by atoms with Gasteiger partial charge < -0.3 is 5.32 Å². The van der Waals surface area contributed by atoms with Crippen molar-refractivity contribution in [1.82, 2.24) is 14.8 Å². The molecule has 1 N–H and O–H groups in total. The third kappa shape index (κ3) is 3.63. The van der Waals surface area contributed by atoms with E-state index in [-0.39, 0.29) is 24.5 Å². The van der Waals surface area contributed by atoms with Gasteiger partial charge >= 0.3 is 0 Å². The molecule has 0 saturated carbocycles. The Morgan fingerprint density at radius 1 is 1.11 bits per heavy atom. The molecule has 1 aliphatic rings. The minimum Gasteiger partial charge on any atom is -0.319 e. The molecule has 0 atom stereocenters. The zero-order chi connectivity index (χ0) is 19.5. The van der Waals surface area contributed by atoms with Gasteiger partial charge in [0.2, 0.25) is 5.91 Å². The quantitative estimate of drug-likeness (QED) is 0.736. The molecule has 9 heteroatoms. The lowest BCUT2D eigenvalue weighted by Gasteiger charge is -2.23. The van der Waals surface area contributed by atoms with E-state index in [1.165, 1.54) is 22.3 Å². The van der Waals surface area contributed by atoms with E-state index in [1.54, 1.807) is 30.3 Å². The fourth-order valence-corrected chi connectivity index (χ4v) is 2.99. The van der Waals surface area contributed by atoms with E-state index in [0.29, 0.717) is 22.1 Å². The van der Waals surface area contributed by atoms with Gasteiger partial charge in [-0.25, -0.2) is 14.7 Å². The van der Waals surface area contributed by atoms with Crippen LogP contribution in [0.25, 0.3) is 5.69 Å². The Hall–Kier alpha value is -3.52. The molecule has 8 nitrogen and oxygen atoms in total. The Kier molecular flexibility index (Phi) is 4.86. The van der Waals surface area contributed by atoms with Crippen LogP contribution in [0, 0.1) is 0 Å². The molecule has 0 unspecified atom stereocenters. The molecule has 28 heavy (non-hydrogen) atoms. The van der Waals surface area contributed by atoms with E-state index in [4.69, 9.17) is 11.6 Å². The molecule has 140 valence electrons. The molecule has 3 aromatic rings. The fraction of sp³-hybridized carbons (Fsp3) is 0.105. The van der Waals surface area contributed by atoms with Crippen molar-refractivity contribution in [3.63, 3.8) is 0 Å². The first kappa shape index (κ1) is 17.9. The SMILES string of the molecule is O=C(Nc1cc(Cl)ccc1-n1cncn1)C1=NN(c2ccccc2)C(=O)CC1. The van der Waals surface area contributed by atoms with Gasteiger partial charge in [-0.1, -0.05) is 29.8 Å².